The van der Waals surface area contributed by atoms with Crippen molar-refractivity contribution in [2.24, 2.45) is 5.16 Å². The Hall–Kier alpha value is -2.17. The zero-order chi connectivity index (χ0) is 14.4. The van der Waals surface area contributed by atoms with Gasteiger partial charge in [-0.1, -0.05) is 24.2 Å². The average molecular weight is 273 g/mol. The first-order valence-electron chi connectivity index (χ1n) is 6.77. The van der Waals surface area contributed by atoms with Crippen LogP contribution in [0.3, 0.4) is 0 Å². The molecule has 2 heterocycles. The fourth-order valence-corrected chi connectivity index (χ4v) is 2.11. The van der Waals surface area contributed by atoms with Crippen LogP contribution in [-0.2, 0) is 9.63 Å². The van der Waals surface area contributed by atoms with Gasteiger partial charge in [0.2, 0.25) is 5.91 Å². The molecule has 1 aliphatic rings. The molecule has 1 atom stereocenters. The van der Waals surface area contributed by atoms with Crippen LogP contribution in [0.25, 0.3) is 0 Å². The van der Waals surface area contributed by atoms with Gasteiger partial charge in [-0.25, -0.2) is 0 Å². The minimum Gasteiger partial charge on any atom is -0.390 e. The van der Waals surface area contributed by atoms with Gasteiger partial charge >= 0.3 is 0 Å². The summed E-state index contributed by atoms with van der Waals surface area (Å²) in [7, 11) is 0. The number of rotatable bonds is 6. The molecule has 0 bridgehead atoms. The molecule has 0 fully saturated rings. The first-order chi connectivity index (χ1) is 9.74. The summed E-state index contributed by atoms with van der Waals surface area (Å²) in [6, 6.07) is 5.69. The number of carbonyl (C=O) groups excluding carboxylic acids is 1. The highest BCUT2D eigenvalue weighted by atomic mass is 16.6. The topological polar surface area (TPSA) is 54.8 Å². The zero-order valence-electron chi connectivity index (χ0n) is 11.7. The minimum atomic E-state index is -0.109. The third kappa shape index (κ3) is 3.44. The number of pyridine rings is 1. The first kappa shape index (κ1) is 14.2. The number of aromatic nitrogens is 1. The quantitative estimate of drug-likeness (QED) is 0.745. The Bertz CT molecular complexity index is 499. The summed E-state index contributed by atoms with van der Waals surface area (Å²) in [5.41, 5.74) is 1.66. The van der Waals surface area contributed by atoms with Gasteiger partial charge in [0.15, 0.2) is 6.10 Å². The molecular weight excluding hydrogens is 254 g/mol. The molecule has 1 aromatic rings. The van der Waals surface area contributed by atoms with Crippen molar-refractivity contribution in [2.75, 3.05) is 13.1 Å². The molecule has 0 aromatic carbocycles. The highest BCUT2D eigenvalue weighted by Gasteiger charge is 2.26. The van der Waals surface area contributed by atoms with Gasteiger partial charge in [0.05, 0.1) is 12.2 Å². The lowest BCUT2D eigenvalue weighted by Gasteiger charge is -2.22. The van der Waals surface area contributed by atoms with Gasteiger partial charge in [-0.15, -0.1) is 6.58 Å². The van der Waals surface area contributed by atoms with E-state index in [0.717, 1.165) is 11.4 Å². The molecule has 106 valence electrons. The van der Waals surface area contributed by atoms with E-state index >= 15 is 0 Å². The molecule has 0 saturated carbocycles. The molecule has 0 spiro atoms. The smallest absolute Gasteiger partial charge is 0.222 e. The van der Waals surface area contributed by atoms with Crippen LogP contribution in [-0.4, -0.2) is 40.7 Å². The van der Waals surface area contributed by atoms with Gasteiger partial charge in [-0.3, -0.25) is 9.78 Å². The SMILES string of the molecule is C=CCN(CC1CC(c2ccccn2)=NO1)C(=O)CC. The fraction of sp³-hybridized carbons (Fsp3) is 0.400. The summed E-state index contributed by atoms with van der Waals surface area (Å²) < 4.78 is 0. The lowest BCUT2D eigenvalue weighted by molar-refractivity contribution is -0.132. The van der Waals surface area contributed by atoms with Crippen LogP contribution in [0.15, 0.2) is 42.2 Å². The standard InChI is InChI=1S/C15H19N3O2/c1-3-9-18(15(19)4-2)11-12-10-14(17-20-12)13-7-5-6-8-16-13/h3,5-8,12H,1,4,9-11H2,2H3. The first-order valence-corrected chi connectivity index (χ1v) is 6.77. The van der Waals surface area contributed by atoms with Crippen LogP contribution in [0.2, 0.25) is 0 Å². The van der Waals surface area contributed by atoms with Gasteiger partial charge in [0, 0.05) is 25.6 Å². The van der Waals surface area contributed by atoms with E-state index in [-0.39, 0.29) is 12.0 Å². The van der Waals surface area contributed by atoms with E-state index in [1.807, 2.05) is 25.1 Å². The summed E-state index contributed by atoms with van der Waals surface area (Å²) in [5.74, 6) is 0.0970. The van der Waals surface area contributed by atoms with Crippen molar-refractivity contribution >= 4 is 11.6 Å². The molecule has 1 amide bonds. The third-order valence-electron chi connectivity index (χ3n) is 3.12. The molecule has 2 rings (SSSR count). The van der Waals surface area contributed by atoms with Crippen molar-refractivity contribution < 1.29 is 9.63 Å². The van der Waals surface area contributed by atoms with Crippen molar-refractivity contribution in [1.82, 2.24) is 9.88 Å². The van der Waals surface area contributed by atoms with E-state index in [1.165, 1.54) is 0 Å². The summed E-state index contributed by atoms with van der Waals surface area (Å²) in [4.78, 5) is 23.2. The Morgan fingerprint density at radius 2 is 2.45 bits per heavy atom. The van der Waals surface area contributed by atoms with E-state index < -0.39 is 0 Å². The Kier molecular flexibility index (Phi) is 4.87. The van der Waals surface area contributed by atoms with Crippen LogP contribution in [0.1, 0.15) is 25.5 Å². The molecule has 1 aromatic heterocycles. The van der Waals surface area contributed by atoms with E-state index in [4.69, 9.17) is 4.84 Å². The number of carbonyl (C=O) groups is 1. The maximum absolute atomic E-state index is 11.8. The molecule has 0 radical (unpaired) electrons. The third-order valence-corrected chi connectivity index (χ3v) is 3.12. The van der Waals surface area contributed by atoms with E-state index in [9.17, 15) is 4.79 Å². The predicted molar refractivity (Wildman–Crippen MR) is 77.3 cm³/mol. The number of amides is 1. The zero-order valence-corrected chi connectivity index (χ0v) is 11.7. The molecule has 0 N–H and O–H groups in total. The lowest BCUT2D eigenvalue weighted by atomic mass is 10.1. The maximum atomic E-state index is 11.8. The largest absolute Gasteiger partial charge is 0.390 e. The Morgan fingerprint density at radius 1 is 1.60 bits per heavy atom. The van der Waals surface area contributed by atoms with Gasteiger partial charge < -0.3 is 9.74 Å². The van der Waals surface area contributed by atoms with Crippen molar-refractivity contribution in [3.63, 3.8) is 0 Å². The van der Waals surface area contributed by atoms with Crippen LogP contribution in [0, 0.1) is 0 Å². The second-order valence-electron chi connectivity index (χ2n) is 4.63. The molecule has 5 heteroatoms. The van der Waals surface area contributed by atoms with Crippen molar-refractivity contribution in [2.45, 2.75) is 25.9 Å². The summed E-state index contributed by atoms with van der Waals surface area (Å²) >= 11 is 0. The van der Waals surface area contributed by atoms with Crippen LogP contribution in [0.4, 0.5) is 0 Å². The molecule has 1 aliphatic heterocycles. The number of nitrogens with zero attached hydrogens (tertiary/aromatic N) is 3. The predicted octanol–water partition coefficient (Wildman–Crippen LogP) is 2.00. The van der Waals surface area contributed by atoms with Crippen molar-refractivity contribution in [3.8, 4) is 0 Å². The van der Waals surface area contributed by atoms with Crippen molar-refractivity contribution in [3.05, 3.63) is 42.7 Å². The Morgan fingerprint density at radius 3 is 3.10 bits per heavy atom. The molecule has 20 heavy (non-hydrogen) atoms. The normalized spacial score (nSPS) is 17.2. The molecule has 0 aliphatic carbocycles. The minimum absolute atomic E-state index is 0.0970. The van der Waals surface area contributed by atoms with Crippen LogP contribution >= 0.6 is 0 Å². The van der Waals surface area contributed by atoms with E-state index in [1.54, 1.807) is 17.2 Å². The lowest BCUT2D eigenvalue weighted by Crippen LogP contribution is -2.37. The average Bonchev–Trinajstić information content (AvgIpc) is 2.95. The van der Waals surface area contributed by atoms with Gasteiger partial charge in [-0.05, 0) is 12.1 Å². The second-order valence-corrected chi connectivity index (χ2v) is 4.63. The van der Waals surface area contributed by atoms with Crippen molar-refractivity contribution in [1.29, 1.82) is 0 Å². The van der Waals surface area contributed by atoms with Gasteiger partial charge in [0.25, 0.3) is 0 Å². The molecule has 5 nitrogen and oxygen atoms in total. The number of hydrogen-bond donors (Lipinski definition) is 0. The molecule has 0 saturated heterocycles. The van der Waals surface area contributed by atoms with Crippen LogP contribution in [0.5, 0.6) is 0 Å². The monoisotopic (exact) mass is 273 g/mol. The van der Waals surface area contributed by atoms with E-state index in [2.05, 4.69) is 16.7 Å². The summed E-state index contributed by atoms with van der Waals surface area (Å²) in [6.07, 6.45) is 4.50. The Balaban J connectivity index is 1.94. The Labute approximate surface area is 118 Å². The molecule has 1 unspecified atom stereocenters. The highest BCUT2D eigenvalue weighted by molar-refractivity contribution is 5.99. The fourth-order valence-electron chi connectivity index (χ4n) is 2.11. The highest BCUT2D eigenvalue weighted by Crippen LogP contribution is 2.16. The van der Waals surface area contributed by atoms with E-state index in [0.29, 0.717) is 25.9 Å². The number of hydrogen-bond acceptors (Lipinski definition) is 4. The summed E-state index contributed by atoms with van der Waals surface area (Å²) in [6.45, 7) is 6.59. The maximum Gasteiger partial charge on any atom is 0.222 e. The second kappa shape index (κ2) is 6.84. The molecular formula is C15H19N3O2. The van der Waals surface area contributed by atoms with Crippen LogP contribution < -0.4 is 0 Å². The number of oxime groups is 1. The van der Waals surface area contributed by atoms with Gasteiger partial charge in [-0.2, -0.15) is 0 Å². The van der Waals surface area contributed by atoms with Gasteiger partial charge in [0.1, 0.15) is 5.71 Å². The summed E-state index contributed by atoms with van der Waals surface area (Å²) in [5, 5.41) is 4.08.